The fourth-order valence-corrected chi connectivity index (χ4v) is 2.28. The molecule has 0 saturated heterocycles. The Hall–Kier alpha value is -2.89. The van der Waals surface area contributed by atoms with Crippen LogP contribution in [-0.4, -0.2) is 18.7 Å². The molecule has 1 amide bonds. The number of nitrogens with zero attached hydrogens (tertiary/aromatic N) is 1. The van der Waals surface area contributed by atoms with Crippen LogP contribution in [0.4, 0.5) is 10.1 Å². The largest absolute Gasteiger partial charge is 0.497 e. The van der Waals surface area contributed by atoms with Gasteiger partial charge in [-0.15, -0.1) is 0 Å². The summed E-state index contributed by atoms with van der Waals surface area (Å²) in [7, 11) is 1.47. The summed E-state index contributed by atoms with van der Waals surface area (Å²) in [6.07, 6.45) is 0.0358. The molecule has 0 saturated carbocycles. The fraction of sp³-hybridized carbons (Fsp3) is 0.176. The summed E-state index contributed by atoms with van der Waals surface area (Å²) in [6, 6.07) is 13.6. The number of benzene rings is 2. The van der Waals surface area contributed by atoms with Gasteiger partial charge in [0.25, 0.3) is 5.91 Å². The molecule has 1 aliphatic heterocycles. The third-order valence-electron chi connectivity index (χ3n) is 3.52. The van der Waals surface area contributed by atoms with Crippen LogP contribution in [-0.2, 0) is 9.63 Å². The molecule has 1 heterocycles. The zero-order valence-corrected chi connectivity index (χ0v) is 12.5. The Morgan fingerprint density at radius 2 is 2.09 bits per heavy atom. The van der Waals surface area contributed by atoms with Crippen LogP contribution in [0, 0.1) is 5.82 Å². The van der Waals surface area contributed by atoms with Gasteiger partial charge >= 0.3 is 0 Å². The summed E-state index contributed by atoms with van der Waals surface area (Å²) in [6.45, 7) is 0. The summed E-state index contributed by atoms with van der Waals surface area (Å²) in [5.41, 5.74) is 1.20. The Bertz CT molecular complexity index is 747. The summed E-state index contributed by atoms with van der Waals surface area (Å²) in [5.74, 6) is -0.581. The van der Waals surface area contributed by atoms with Crippen molar-refractivity contribution in [3.63, 3.8) is 0 Å². The van der Waals surface area contributed by atoms with Gasteiger partial charge in [-0.3, -0.25) is 4.79 Å². The Labute approximate surface area is 132 Å². The van der Waals surface area contributed by atoms with Gasteiger partial charge < -0.3 is 14.9 Å². The minimum absolute atomic E-state index is 0.0419. The average molecular weight is 314 g/mol. The second-order valence-electron chi connectivity index (χ2n) is 5.05. The number of oxime groups is 1. The van der Waals surface area contributed by atoms with Crippen molar-refractivity contribution in [2.45, 2.75) is 12.5 Å². The maximum absolute atomic E-state index is 13.8. The van der Waals surface area contributed by atoms with Crippen molar-refractivity contribution in [1.82, 2.24) is 0 Å². The molecule has 23 heavy (non-hydrogen) atoms. The highest BCUT2D eigenvalue weighted by atomic mass is 19.1. The van der Waals surface area contributed by atoms with Crippen LogP contribution >= 0.6 is 0 Å². The number of rotatable bonds is 4. The molecule has 0 radical (unpaired) electrons. The molecule has 118 valence electrons. The van der Waals surface area contributed by atoms with Gasteiger partial charge in [-0.25, -0.2) is 4.39 Å². The van der Waals surface area contributed by atoms with Crippen LogP contribution in [0.3, 0.4) is 0 Å². The smallest absolute Gasteiger partial charge is 0.273 e. The molecule has 5 nitrogen and oxygen atoms in total. The second kappa shape index (κ2) is 6.48. The van der Waals surface area contributed by atoms with Gasteiger partial charge in [0.15, 0.2) is 6.10 Å². The van der Waals surface area contributed by atoms with E-state index in [1.807, 2.05) is 30.3 Å². The Morgan fingerprint density at radius 1 is 1.30 bits per heavy atom. The van der Waals surface area contributed by atoms with Gasteiger partial charge in [0.05, 0.1) is 12.8 Å². The number of amides is 1. The summed E-state index contributed by atoms with van der Waals surface area (Å²) < 4.78 is 18.8. The highest BCUT2D eigenvalue weighted by molar-refractivity contribution is 6.43. The van der Waals surface area contributed by atoms with E-state index in [4.69, 9.17) is 9.57 Å². The minimum Gasteiger partial charge on any atom is -0.497 e. The monoisotopic (exact) mass is 314 g/mol. The molecule has 3 rings (SSSR count). The van der Waals surface area contributed by atoms with Gasteiger partial charge in [-0.1, -0.05) is 35.5 Å². The quantitative estimate of drug-likeness (QED) is 0.942. The fourth-order valence-electron chi connectivity index (χ4n) is 2.28. The van der Waals surface area contributed by atoms with E-state index in [0.717, 1.165) is 5.56 Å². The van der Waals surface area contributed by atoms with Crippen molar-refractivity contribution in [3.8, 4) is 5.75 Å². The normalized spacial score (nSPS) is 16.4. The first kappa shape index (κ1) is 15.0. The summed E-state index contributed by atoms with van der Waals surface area (Å²) in [4.78, 5) is 17.5. The molecule has 0 aromatic heterocycles. The van der Waals surface area contributed by atoms with Gasteiger partial charge in [-0.05, 0) is 17.7 Å². The lowest BCUT2D eigenvalue weighted by atomic mass is 10.0. The first-order chi connectivity index (χ1) is 11.2. The van der Waals surface area contributed by atoms with E-state index < -0.39 is 11.7 Å². The highest BCUT2D eigenvalue weighted by Gasteiger charge is 2.27. The van der Waals surface area contributed by atoms with E-state index >= 15 is 0 Å². The molecule has 1 aliphatic rings. The average Bonchev–Trinajstić information content (AvgIpc) is 3.08. The Kier molecular flexibility index (Phi) is 4.23. The number of anilines is 1. The van der Waals surface area contributed by atoms with E-state index in [2.05, 4.69) is 10.5 Å². The maximum Gasteiger partial charge on any atom is 0.273 e. The third-order valence-corrected chi connectivity index (χ3v) is 3.52. The number of nitrogens with one attached hydrogen (secondary N) is 1. The van der Waals surface area contributed by atoms with Gasteiger partial charge in [0.2, 0.25) is 0 Å². The zero-order valence-electron chi connectivity index (χ0n) is 12.5. The number of carbonyl (C=O) groups excluding carboxylic acids is 1. The molecule has 0 bridgehead atoms. The minimum atomic E-state index is -0.543. The van der Waals surface area contributed by atoms with Crippen LogP contribution in [0.25, 0.3) is 0 Å². The van der Waals surface area contributed by atoms with Crippen molar-refractivity contribution >= 4 is 17.3 Å². The van der Waals surface area contributed by atoms with Crippen molar-refractivity contribution in [2.24, 2.45) is 5.16 Å². The number of hydrogen-bond donors (Lipinski definition) is 1. The molecular weight excluding hydrogens is 299 g/mol. The molecule has 0 aliphatic carbocycles. The summed E-state index contributed by atoms with van der Waals surface area (Å²) >= 11 is 0. The van der Waals surface area contributed by atoms with Gasteiger partial charge in [-0.2, -0.15) is 0 Å². The Morgan fingerprint density at radius 3 is 2.83 bits per heavy atom. The molecule has 2 aromatic carbocycles. The lowest BCUT2D eigenvalue weighted by Gasteiger charge is -2.08. The third kappa shape index (κ3) is 3.31. The standard InChI is InChI=1S/C17H15FN2O3/c1-22-12-7-8-13(18)14(9-12)19-17(21)15-10-16(23-20-15)11-5-3-2-4-6-11/h2-9,16H,10H2,1H3,(H,19,21). The molecule has 1 N–H and O–H groups in total. The Balaban J connectivity index is 1.68. The van der Waals surface area contributed by atoms with Crippen molar-refractivity contribution in [2.75, 3.05) is 12.4 Å². The van der Waals surface area contributed by atoms with Crippen LogP contribution in [0.2, 0.25) is 0 Å². The maximum atomic E-state index is 13.8. The van der Waals surface area contributed by atoms with Crippen LogP contribution in [0.1, 0.15) is 18.1 Å². The molecule has 0 spiro atoms. The molecule has 0 fully saturated rings. The lowest BCUT2D eigenvalue weighted by molar-refractivity contribution is -0.110. The molecule has 2 aromatic rings. The SMILES string of the molecule is COc1ccc(F)c(NC(=O)C2=NOC(c3ccccc3)C2)c1. The molecular formula is C17H15FN2O3. The van der Waals surface area contributed by atoms with Gasteiger partial charge in [0.1, 0.15) is 17.3 Å². The number of ether oxygens (including phenoxy) is 1. The van der Waals surface area contributed by atoms with E-state index in [9.17, 15) is 9.18 Å². The van der Waals surface area contributed by atoms with Crippen LogP contribution in [0.5, 0.6) is 5.75 Å². The van der Waals surface area contributed by atoms with Crippen molar-refractivity contribution in [3.05, 3.63) is 59.9 Å². The predicted octanol–water partition coefficient (Wildman–Crippen LogP) is 3.29. The second-order valence-corrected chi connectivity index (χ2v) is 5.05. The summed E-state index contributed by atoms with van der Waals surface area (Å²) in [5, 5.41) is 6.31. The first-order valence-corrected chi connectivity index (χ1v) is 7.10. The topological polar surface area (TPSA) is 59.9 Å². The van der Waals surface area contributed by atoms with Crippen LogP contribution < -0.4 is 10.1 Å². The van der Waals surface area contributed by atoms with Crippen LogP contribution in [0.15, 0.2) is 53.7 Å². The zero-order chi connectivity index (χ0) is 16.2. The van der Waals surface area contributed by atoms with Crippen molar-refractivity contribution in [1.29, 1.82) is 0 Å². The number of methoxy groups -OCH3 is 1. The predicted molar refractivity (Wildman–Crippen MR) is 83.9 cm³/mol. The molecule has 1 unspecified atom stereocenters. The number of hydrogen-bond acceptors (Lipinski definition) is 4. The molecule has 6 heteroatoms. The highest BCUT2D eigenvalue weighted by Crippen LogP contribution is 2.28. The van der Waals surface area contributed by atoms with Crippen molar-refractivity contribution < 1.29 is 18.8 Å². The number of carbonyl (C=O) groups is 1. The van der Waals surface area contributed by atoms with E-state index in [1.165, 1.54) is 25.3 Å². The van der Waals surface area contributed by atoms with E-state index in [0.29, 0.717) is 12.2 Å². The lowest BCUT2D eigenvalue weighted by Crippen LogP contribution is -2.22. The van der Waals surface area contributed by atoms with E-state index in [-0.39, 0.29) is 17.5 Å². The molecule has 1 atom stereocenters. The van der Waals surface area contributed by atoms with Gasteiger partial charge in [0, 0.05) is 12.5 Å². The van der Waals surface area contributed by atoms with E-state index in [1.54, 1.807) is 0 Å². The number of halogens is 1. The first-order valence-electron chi connectivity index (χ1n) is 7.10.